The molecular formula is C10H22O3. The zero-order valence-corrected chi connectivity index (χ0v) is 8.70. The summed E-state index contributed by atoms with van der Waals surface area (Å²) in [5.74, 6) is 1.03. The average Bonchev–Trinajstić information content (AvgIpc) is 2.19. The molecule has 2 N–H and O–H groups in total. The van der Waals surface area contributed by atoms with Gasteiger partial charge in [-0.2, -0.15) is 0 Å². The second-order valence-corrected chi connectivity index (χ2v) is 3.66. The van der Waals surface area contributed by atoms with E-state index in [2.05, 4.69) is 4.74 Å². The van der Waals surface area contributed by atoms with E-state index in [4.69, 9.17) is 10.2 Å². The Labute approximate surface area is 80.7 Å². The summed E-state index contributed by atoms with van der Waals surface area (Å²) in [6.07, 6.45) is 4.40. The number of ether oxygens (including phenoxy) is 1. The molecule has 0 spiro atoms. The first-order valence-electron chi connectivity index (χ1n) is 4.90. The number of hydrogen-bond acceptors (Lipinski definition) is 3. The predicted molar refractivity (Wildman–Crippen MR) is 52.6 cm³/mol. The van der Waals surface area contributed by atoms with Gasteiger partial charge in [0.25, 0.3) is 0 Å². The lowest BCUT2D eigenvalue weighted by Crippen LogP contribution is -2.19. The van der Waals surface area contributed by atoms with Crippen molar-refractivity contribution >= 4 is 0 Å². The van der Waals surface area contributed by atoms with E-state index < -0.39 is 0 Å². The third-order valence-electron chi connectivity index (χ3n) is 2.48. The molecule has 1 rings (SSSR count). The van der Waals surface area contributed by atoms with Crippen molar-refractivity contribution in [2.24, 2.45) is 11.8 Å². The SMILES string of the molecule is COC.OCC1CCC(CO)CC1. The summed E-state index contributed by atoms with van der Waals surface area (Å²) < 4.78 is 4.25. The highest BCUT2D eigenvalue weighted by atomic mass is 16.4. The van der Waals surface area contributed by atoms with Crippen LogP contribution in [0.1, 0.15) is 25.7 Å². The second kappa shape index (κ2) is 8.48. The molecule has 0 amide bonds. The molecule has 0 unspecified atom stereocenters. The number of aliphatic hydroxyl groups excluding tert-OH is 2. The smallest absolute Gasteiger partial charge is 0.0459 e. The molecule has 0 bridgehead atoms. The molecule has 0 atom stereocenters. The average molecular weight is 190 g/mol. The third kappa shape index (κ3) is 6.02. The standard InChI is InChI=1S/C8H16O2.C2H6O/c9-5-7-1-2-8(6-10)4-3-7;1-3-2/h7-10H,1-6H2;1-2H3. The Morgan fingerprint density at radius 2 is 1.15 bits per heavy atom. The minimum Gasteiger partial charge on any atom is -0.396 e. The normalized spacial score (nSPS) is 27.7. The van der Waals surface area contributed by atoms with Crippen molar-refractivity contribution in [2.75, 3.05) is 27.4 Å². The second-order valence-electron chi connectivity index (χ2n) is 3.66. The van der Waals surface area contributed by atoms with Gasteiger partial charge in [0.05, 0.1) is 0 Å². The first kappa shape index (κ1) is 12.9. The number of hydrogen-bond donors (Lipinski definition) is 2. The summed E-state index contributed by atoms with van der Waals surface area (Å²) in [4.78, 5) is 0. The minimum absolute atomic E-state index is 0.331. The highest BCUT2D eigenvalue weighted by Gasteiger charge is 2.19. The first-order chi connectivity index (χ1) is 6.28. The van der Waals surface area contributed by atoms with Gasteiger partial charge in [-0.05, 0) is 37.5 Å². The summed E-state index contributed by atoms with van der Waals surface area (Å²) >= 11 is 0. The summed E-state index contributed by atoms with van der Waals surface area (Å²) in [6.45, 7) is 0.663. The number of methoxy groups -OCH3 is 1. The molecule has 1 fully saturated rings. The van der Waals surface area contributed by atoms with Crippen LogP contribution in [0, 0.1) is 11.8 Å². The van der Waals surface area contributed by atoms with Crippen molar-refractivity contribution in [2.45, 2.75) is 25.7 Å². The van der Waals surface area contributed by atoms with Crippen LogP contribution in [0.3, 0.4) is 0 Å². The molecule has 3 heteroatoms. The van der Waals surface area contributed by atoms with Crippen molar-refractivity contribution < 1.29 is 14.9 Å². The van der Waals surface area contributed by atoms with E-state index in [1.165, 1.54) is 0 Å². The highest BCUT2D eigenvalue weighted by Crippen LogP contribution is 2.27. The van der Waals surface area contributed by atoms with Crippen LogP contribution < -0.4 is 0 Å². The number of aliphatic hydroxyl groups is 2. The maximum atomic E-state index is 8.79. The summed E-state index contributed by atoms with van der Waals surface area (Å²) in [7, 11) is 3.25. The van der Waals surface area contributed by atoms with E-state index in [1.54, 1.807) is 14.2 Å². The first-order valence-corrected chi connectivity index (χ1v) is 4.90. The maximum absolute atomic E-state index is 8.79. The van der Waals surface area contributed by atoms with Gasteiger partial charge in [-0.3, -0.25) is 0 Å². The van der Waals surface area contributed by atoms with Gasteiger partial charge in [-0.15, -0.1) is 0 Å². The Balaban J connectivity index is 0.000000424. The molecule has 80 valence electrons. The molecule has 3 nitrogen and oxygen atoms in total. The van der Waals surface area contributed by atoms with E-state index in [0.29, 0.717) is 25.0 Å². The molecule has 0 aromatic carbocycles. The molecule has 0 aromatic rings. The Morgan fingerprint density at radius 3 is 1.31 bits per heavy atom. The lowest BCUT2D eigenvalue weighted by Gasteiger charge is -2.25. The van der Waals surface area contributed by atoms with Crippen LogP contribution in [0.15, 0.2) is 0 Å². The molecule has 1 saturated carbocycles. The van der Waals surface area contributed by atoms with Crippen LogP contribution in [0.2, 0.25) is 0 Å². The molecule has 1 aliphatic rings. The zero-order chi connectivity index (χ0) is 10.1. The molecule has 0 saturated heterocycles. The molecular weight excluding hydrogens is 168 g/mol. The fourth-order valence-corrected chi connectivity index (χ4v) is 1.60. The van der Waals surface area contributed by atoms with Crippen molar-refractivity contribution in [3.05, 3.63) is 0 Å². The van der Waals surface area contributed by atoms with E-state index >= 15 is 0 Å². The molecule has 0 aliphatic heterocycles. The maximum Gasteiger partial charge on any atom is 0.0459 e. The minimum atomic E-state index is 0.331. The van der Waals surface area contributed by atoms with Crippen LogP contribution in [-0.4, -0.2) is 37.6 Å². The van der Waals surface area contributed by atoms with E-state index in [1.807, 2.05) is 0 Å². The van der Waals surface area contributed by atoms with Crippen molar-refractivity contribution in [3.63, 3.8) is 0 Å². The van der Waals surface area contributed by atoms with E-state index in [-0.39, 0.29) is 0 Å². The van der Waals surface area contributed by atoms with Crippen LogP contribution >= 0.6 is 0 Å². The molecule has 0 heterocycles. The van der Waals surface area contributed by atoms with Gasteiger partial charge in [0.1, 0.15) is 0 Å². The highest BCUT2D eigenvalue weighted by molar-refractivity contribution is 4.70. The van der Waals surface area contributed by atoms with Gasteiger partial charge in [-0.25, -0.2) is 0 Å². The van der Waals surface area contributed by atoms with Gasteiger partial charge >= 0.3 is 0 Å². The Bertz CT molecular complexity index is 86.3. The third-order valence-corrected chi connectivity index (χ3v) is 2.48. The van der Waals surface area contributed by atoms with Gasteiger partial charge in [-0.1, -0.05) is 0 Å². The van der Waals surface area contributed by atoms with Gasteiger partial charge in [0, 0.05) is 27.4 Å². The molecule has 13 heavy (non-hydrogen) atoms. The quantitative estimate of drug-likeness (QED) is 0.684. The van der Waals surface area contributed by atoms with Crippen LogP contribution in [0.4, 0.5) is 0 Å². The zero-order valence-electron chi connectivity index (χ0n) is 8.70. The Hall–Kier alpha value is -0.120. The van der Waals surface area contributed by atoms with Crippen LogP contribution in [0.5, 0.6) is 0 Å². The van der Waals surface area contributed by atoms with Gasteiger partial charge in [0.15, 0.2) is 0 Å². The van der Waals surface area contributed by atoms with Crippen molar-refractivity contribution in [1.29, 1.82) is 0 Å². The van der Waals surface area contributed by atoms with Crippen molar-refractivity contribution in [1.82, 2.24) is 0 Å². The molecule has 0 radical (unpaired) electrons. The molecule has 1 aliphatic carbocycles. The lowest BCUT2D eigenvalue weighted by molar-refractivity contribution is 0.131. The Morgan fingerprint density at radius 1 is 0.923 bits per heavy atom. The fourth-order valence-electron chi connectivity index (χ4n) is 1.60. The Kier molecular flexibility index (Phi) is 8.40. The number of rotatable bonds is 2. The summed E-state index contributed by atoms with van der Waals surface area (Å²) in [5, 5.41) is 17.6. The molecule has 0 aromatic heterocycles. The van der Waals surface area contributed by atoms with Crippen LogP contribution in [-0.2, 0) is 4.74 Å². The lowest BCUT2D eigenvalue weighted by atomic mass is 9.83. The fraction of sp³-hybridized carbons (Fsp3) is 1.00. The predicted octanol–water partition coefficient (Wildman–Crippen LogP) is 1.04. The van der Waals surface area contributed by atoms with Crippen LogP contribution in [0.25, 0.3) is 0 Å². The summed E-state index contributed by atoms with van der Waals surface area (Å²) in [6, 6.07) is 0. The topological polar surface area (TPSA) is 49.7 Å². The van der Waals surface area contributed by atoms with Gasteiger partial charge < -0.3 is 14.9 Å². The summed E-state index contributed by atoms with van der Waals surface area (Å²) in [5.41, 5.74) is 0. The largest absolute Gasteiger partial charge is 0.396 e. The van der Waals surface area contributed by atoms with Crippen molar-refractivity contribution in [3.8, 4) is 0 Å². The van der Waals surface area contributed by atoms with Gasteiger partial charge in [0.2, 0.25) is 0 Å². The van der Waals surface area contributed by atoms with E-state index in [0.717, 1.165) is 25.7 Å². The monoisotopic (exact) mass is 190 g/mol. The van der Waals surface area contributed by atoms with E-state index in [9.17, 15) is 0 Å².